The summed E-state index contributed by atoms with van der Waals surface area (Å²) in [4.78, 5) is 19.8. The molecule has 0 bridgehead atoms. The highest BCUT2D eigenvalue weighted by Crippen LogP contribution is 2.32. The second-order valence-corrected chi connectivity index (χ2v) is 7.06. The Kier molecular flexibility index (Phi) is 4.67. The highest BCUT2D eigenvalue weighted by atomic mass is 16.6. The molecule has 3 aromatic rings. The number of aliphatic carboxylic acids is 1. The van der Waals surface area contributed by atoms with E-state index in [2.05, 4.69) is 25.1 Å². The van der Waals surface area contributed by atoms with E-state index in [-0.39, 0.29) is 0 Å². The lowest BCUT2D eigenvalue weighted by Gasteiger charge is -2.37. The topological polar surface area (TPSA) is 98.5 Å². The molecule has 1 aliphatic rings. The number of fused-ring (bicyclic) bond motifs is 1. The van der Waals surface area contributed by atoms with E-state index < -0.39 is 12.0 Å². The van der Waals surface area contributed by atoms with Gasteiger partial charge in [0, 0.05) is 54.9 Å². The van der Waals surface area contributed by atoms with E-state index >= 15 is 0 Å². The summed E-state index contributed by atoms with van der Waals surface area (Å²) >= 11 is 0. The summed E-state index contributed by atoms with van der Waals surface area (Å²) in [5, 5.41) is 18.7. The third-order valence-electron chi connectivity index (χ3n) is 5.34. The molecule has 2 N–H and O–H groups in total. The van der Waals surface area contributed by atoms with Crippen molar-refractivity contribution in [2.24, 2.45) is 0 Å². The first-order valence-corrected chi connectivity index (χ1v) is 9.09. The van der Waals surface area contributed by atoms with E-state index in [0.29, 0.717) is 19.6 Å². The SMILES string of the molecule is Cc1nonc1CN1CCN(C(C(=O)O)c2c(C)[nH]c3ccccc23)CC1. The molecule has 0 aliphatic carbocycles. The largest absolute Gasteiger partial charge is 0.480 e. The first-order valence-electron chi connectivity index (χ1n) is 9.09. The van der Waals surface area contributed by atoms with Crippen LogP contribution in [0.1, 0.15) is 28.7 Å². The minimum absolute atomic E-state index is 0.654. The predicted molar refractivity (Wildman–Crippen MR) is 99.3 cm³/mol. The van der Waals surface area contributed by atoms with Gasteiger partial charge in [-0.05, 0) is 19.9 Å². The lowest BCUT2D eigenvalue weighted by Crippen LogP contribution is -2.49. The Morgan fingerprint density at radius 1 is 1.22 bits per heavy atom. The molecule has 0 radical (unpaired) electrons. The molecule has 8 nitrogen and oxygen atoms in total. The number of hydrogen-bond donors (Lipinski definition) is 2. The molecule has 4 rings (SSSR count). The monoisotopic (exact) mass is 369 g/mol. The molecule has 8 heteroatoms. The lowest BCUT2D eigenvalue weighted by molar-refractivity contribution is -0.144. The van der Waals surface area contributed by atoms with E-state index in [0.717, 1.165) is 46.6 Å². The molecule has 1 aliphatic heterocycles. The maximum Gasteiger partial charge on any atom is 0.325 e. The molecule has 1 aromatic carbocycles. The number of benzene rings is 1. The zero-order valence-electron chi connectivity index (χ0n) is 15.5. The first kappa shape index (κ1) is 17.7. The summed E-state index contributed by atoms with van der Waals surface area (Å²) in [5.74, 6) is -0.812. The highest BCUT2D eigenvalue weighted by Gasteiger charge is 2.33. The van der Waals surface area contributed by atoms with Crippen molar-refractivity contribution in [3.63, 3.8) is 0 Å². The van der Waals surface area contributed by atoms with Gasteiger partial charge < -0.3 is 10.1 Å². The van der Waals surface area contributed by atoms with Gasteiger partial charge in [0.05, 0.1) is 0 Å². The Morgan fingerprint density at radius 2 is 1.96 bits per heavy atom. The molecule has 1 saturated heterocycles. The number of nitrogens with zero attached hydrogens (tertiary/aromatic N) is 4. The van der Waals surface area contributed by atoms with Crippen LogP contribution in [0, 0.1) is 13.8 Å². The Bertz CT molecular complexity index is 955. The number of carboxylic acids is 1. The zero-order chi connectivity index (χ0) is 19.0. The Labute approximate surface area is 156 Å². The van der Waals surface area contributed by atoms with Gasteiger partial charge >= 0.3 is 5.97 Å². The average molecular weight is 369 g/mol. The van der Waals surface area contributed by atoms with E-state index in [1.54, 1.807) is 0 Å². The summed E-state index contributed by atoms with van der Waals surface area (Å²) in [5.41, 5.74) is 4.39. The maximum absolute atomic E-state index is 12.2. The standard InChI is InChI=1S/C19H23N5O3/c1-12-16(22-27-21-12)11-23-7-9-24(10-8-23)18(19(25)26)17-13(2)20-15-6-4-3-5-14(15)17/h3-6,18,20H,7-11H2,1-2H3,(H,25,26). The third-order valence-corrected chi connectivity index (χ3v) is 5.34. The molecule has 1 fully saturated rings. The predicted octanol–water partition coefficient (Wildman–Crippen LogP) is 2.11. The van der Waals surface area contributed by atoms with E-state index in [1.165, 1.54) is 0 Å². The van der Waals surface area contributed by atoms with Crippen LogP contribution in [0.2, 0.25) is 0 Å². The third kappa shape index (κ3) is 3.33. The smallest absolute Gasteiger partial charge is 0.325 e. The number of rotatable bonds is 5. The van der Waals surface area contributed by atoms with Gasteiger partial charge in [-0.3, -0.25) is 14.6 Å². The Hall–Kier alpha value is -2.71. The minimum atomic E-state index is -0.812. The van der Waals surface area contributed by atoms with Crippen LogP contribution in [0.25, 0.3) is 10.9 Å². The number of para-hydroxylation sites is 1. The first-order chi connectivity index (χ1) is 13.0. The average Bonchev–Trinajstić information content (AvgIpc) is 3.20. The zero-order valence-corrected chi connectivity index (χ0v) is 15.5. The van der Waals surface area contributed by atoms with Gasteiger partial charge in [-0.15, -0.1) is 0 Å². The van der Waals surface area contributed by atoms with Crippen LogP contribution in [0.3, 0.4) is 0 Å². The van der Waals surface area contributed by atoms with Gasteiger partial charge in [-0.1, -0.05) is 28.5 Å². The number of aromatic amines is 1. The minimum Gasteiger partial charge on any atom is -0.480 e. The number of piperazine rings is 1. The molecular formula is C19H23N5O3. The molecule has 0 amide bonds. The van der Waals surface area contributed by atoms with Crippen LogP contribution < -0.4 is 0 Å². The Balaban J connectivity index is 1.53. The Morgan fingerprint density at radius 3 is 2.63 bits per heavy atom. The molecular weight excluding hydrogens is 346 g/mol. The van der Waals surface area contributed by atoms with E-state index in [4.69, 9.17) is 4.63 Å². The fraction of sp³-hybridized carbons (Fsp3) is 0.421. The van der Waals surface area contributed by atoms with Crippen LogP contribution >= 0.6 is 0 Å². The van der Waals surface area contributed by atoms with Crippen molar-refractivity contribution in [3.05, 3.63) is 46.9 Å². The number of hydrogen-bond acceptors (Lipinski definition) is 6. The quantitative estimate of drug-likeness (QED) is 0.711. The summed E-state index contributed by atoms with van der Waals surface area (Å²) in [7, 11) is 0. The number of carbonyl (C=O) groups is 1. The van der Waals surface area contributed by atoms with Crippen molar-refractivity contribution >= 4 is 16.9 Å². The van der Waals surface area contributed by atoms with E-state index in [1.807, 2.05) is 38.1 Å². The summed E-state index contributed by atoms with van der Waals surface area (Å²) in [6.07, 6.45) is 0. The number of carboxylic acid groups (broad SMARTS) is 1. The van der Waals surface area contributed by atoms with Gasteiger partial charge in [0.25, 0.3) is 0 Å². The van der Waals surface area contributed by atoms with Crippen LogP contribution in [0.5, 0.6) is 0 Å². The molecule has 0 spiro atoms. The highest BCUT2D eigenvalue weighted by molar-refractivity contribution is 5.90. The van der Waals surface area contributed by atoms with Crippen molar-refractivity contribution in [2.45, 2.75) is 26.4 Å². The maximum atomic E-state index is 12.2. The van der Waals surface area contributed by atoms with Crippen LogP contribution in [-0.2, 0) is 11.3 Å². The molecule has 0 saturated carbocycles. The van der Waals surface area contributed by atoms with Crippen molar-refractivity contribution in [2.75, 3.05) is 26.2 Å². The summed E-state index contributed by atoms with van der Waals surface area (Å²) in [6, 6.07) is 7.22. The van der Waals surface area contributed by atoms with Crippen LogP contribution in [-0.4, -0.2) is 62.4 Å². The van der Waals surface area contributed by atoms with Gasteiger partial charge in [-0.25, -0.2) is 4.63 Å². The van der Waals surface area contributed by atoms with Crippen molar-refractivity contribution in [3.8, 4) is 0 Å². The van der Waals surface area contributed by atoms with Gasteiger partial charge in [0.1, 0.15) is 17.4 Å². The molecule has 142 valence electrons. The fourth-order valence-electron chi connectivity index (χ4n) is 3.90. The molecule has 27 heavy (non-hydrogen) atoms. The number of aromatic nitrogens is 3. The fourth-order valence-corrected chi connectivity index (χ4v) is 3.90. The molecule has 2 aromatic heterocycles. The van der Waals surface area contributed by atoms with Gasteiger partial charge in [-0.2, -0.15) is 0 Å². The molecule has 3 heterocycles. The van der Waals surface area contributed by atoms with Gasteiger partial charge in [0.15, 0.2) is 0 Å². The number of H-pyrrole nitrogens is 1. The number of aryl methyl sites for hydroxylation is 2. The molecule has 1 atom stereocenters. The van der Waals surface area contributed by atoms with Crippen molar-refractivity contribution < 1.29 is 14.5 Å². The molecule has 1 unspecified atom stereocenters. The van der Waals surface area contributed by atoms with E-state index in [9.17, 15) is 9.90 Å². The van der Waals surface area contributed by atoms with Crippen molar-refractivity contribution in [1.29, 1.82) is 0 Å². The van der Waals surface area contributed by atoms with Gasteiger partial charge in [0.2, 0.25) is 0 Å². The summed E-state index contributed by atoms with van der Waals surface area (Å²) < 4.78 is 4.76. The van der Waals surface area contributed by atoms with Crippen LogP contribution in [0.15, 0.2) is 28.9 Å². The van der Waals surface area contributed by atoms with Crippen molar-refractivity contribution in [1.82, 2.24) is 25.1 Å². The second-order valence-electron chi connectivity index (χ2n) is 7.06. The van der Waals surface area contributed by atoms with Crippen LogP contribution in [0.4, 0.5) is 0 Å². The normalized spacial score (nSPS) is 17.4. The number of nitrogens with one attached hydrogen (secondary N) is 1. The second kappa shape index (κ2) is 7.13. The lowest BCUT2D eigenvalue weighted by atomic mass is 10.0. The summed E-state index contributed by atoms with van der Waals surface area (Å²) in [6.45, 7) is 7.41.